The summed E-state index contributed by atoms with van der Waals surface area (Å²) in [7, 11) is 1.59. The fraction of sp³-hybridized carbons (Fsp3) is 0.600. The molecule has 1 fully saturated rings. The van der Waals surface area contributed by atoms with E-state index in [4.69, 9.17) is 4.74 Å². The molecule has 2 atom stereocenters. The Bertz CT molecular complexity index is 478. The topological polar surface area (TPSA) is 21.3 Å². The molecule has 0 radical (unpaired) electrons. The molecule has 0 aliphatic heterocycles. The Balaban J connectivity index is 1.95. The highest BCUT2D eigenvalue weighted by Gasteiger charge is 2.41. The summed E-state index contributed by atoms with van der Waals surface area (Å²) >= 11 is 3.40. The molecule has 6 heteroatoms. The number of rotatable bonds is 4. The smallest absolute Gasteiger partial charge is 0.391 e. The van der Waals surface area contributed by atoms with Crippen LogP contribution in [0.3, 0.4) is 0 Å². The third-order valence-corrected chi connectivity index (χ3v) is 4.45. The molecule has 1 aromatic carbocycles. The molecule has 1 aliphatic rings. The standard InChI is InChI=1S/C15H19BrF3NO/c1-21-14-6-5-12(16)7-10(14)9-20-13-4-2-3-11(8-13)15(17,18)19/h5-7,11,13,20H,2-4,8-9H2,1H3. The van der Waals surface area contributed by atoms with Crippen LogP contribution >= 0.6 is 15.9 Å². The molecule has 0 spiro atoms. The number of hydrogen-bond acceptors (Lipinski definition) is 2. The van der Waals surface area contributed by atoms with Crippen LogP contribution in [-0.2, 0) is 6.54 Å². The number of methoxy groups -OCH3 is 1. The van der Waals surface area contributed by atoms with Gasteiger partial charge in [0.15, 0.2) is 0 Å². The lowest BCUT2D eigenvalue weighted by atomic mass is 9.85. The fourth-order valence-corrected chi connectivity index (χ4v) is 3.22. The first-order valence-electron chi connectivity index (χ1n) is 7.02. The zero-order valence-electron chi connectivity index (χ0n) is 11.8. The Labute approximate surface area is 131 Å². The van der Waals surface area contributed by atoms with Crippen molar-refractivity contribution < 1.29 is 17.9 Å². The SMILES string of the molecule is COc1ccc(Br)cc1CNC1CCCC(C(F)(F)F)C1. The molecule has 2 unspecified atom stereocenters. The van der Waals surface area contributed by atoms with Gasteiger partial charge in [0.05, 0.1) is 13.0 Å². The van der Waals surface area contributed by atoms with Gasteiger partial charge in [-0.3, -0.25) is 0 Å². The van der Waals surface area contributed by atoms with Gasteiger partial charge in [-0.1, -0.05) is 22.4 Å². The zero-order chi connectivity index (χ0) is 15.5. The Morgan fingerprint density at radius 1 is 1.33 bits per heavy atom. The first-order valence-corrected chi connectivity index (χ1v) is 7.82. The van der Waals surface area contributed by atoms with Gasteiger partial charge in [0, 0.05) is 22.6 Å². The average molecular weight is 366 g/mol. The van der Waals surface area contributed by atoms with Gasteiger partial charge in [-0.2, -0.15) is 13.2 Å². The molecule has 2 rings (SSSR count). The van der Waals surface area contributed by atoms with E-state index in [0.717, 1.165) is 22.2 Å². The van der Waals surface area contributed by atoms with Gasteiger partial charge in [0.1, 0.15) is 5.75 Å². The van der Waals surface area contributed by atoms with Crippen molar-refractivity contribution in [3.63, 3.8) is 0 Å². The highest BCUT2D eigenvalue weighted by Crippen LogP contribution is 2.37. The summed E-state index contributed by atoms with van der Waals surface area (Å²) in [6.07, 6.45) is -2.24. The number of halogens is 4. The number of benzene rings is 1. The maximum atomic E-state index is 12.8. The van der Waals surface area contributed by atoms with Crippen molar-refractivity contribution in [1.29, 1.82) is 0 Å². The highest BCUT2D eigenvalue weighted by molar-refractivity contribution is 9.10. The number of nitrogens with one attached hydrogen (secondary N) is 1. The van der Waals surface area contributed by atoms with Crippen LogP contribution in [0.5, 0.6) is 5.75 Å². The molecule has 21 heavy (non-hydrogen) atoms. The molecular weight excluding hydrogens is 347 g/mol. The predicted octanol–water partition coefficient (Wildman–Crippen LogP) is 4.67. The van der Waals surface area contributed by atoms with Gasteiger partial charge in [-0.25, -0.2) is 0 Å². The summed E-state index contributed by atoms with van der Waals surface area (Å²) < 4.78 is 44.6. The monoisotopic (exact) mass is 365 g/mol. The van der Waals surface area contributed by atoms with E-state index in [1.165, 1.54) is 0 Å². The number of alkyl halides is 3. The fourth-order valence-electron chi connectivity index (χ4n) is 2.81. The minimum Gasteiger partial charge on any atom is -0.496 e. The van der Waals surface area contributed by atoms with Gasteiger partial charge in [-0.05, 0) is 37.5 Å². The lowest BCUT2D eigenvalue weighted by Gasteiger charge is -2.31. The predicted molar refractivity (Wildman–Crippen MR) is 79.3 cm³/mol. The van der Waals surface area contributed by atoms with Crippen LogP contribution < -0.4 is 10.1 Å². The molecule has 2 nitrogen and oxygen atoms in total. The third kappa shape index (κ3) is 4.61. The van der Waals surface area contributed by atoms with E-state index in [2.05, 4.69) is 21.2 Å². The Hall–Kier alpha value is -0.750. The van der Waals surface area contributed by atoms with Gasteiger partial charge < -0.3 is 10.1 Å². The van der Waals surface area contributed by atoms with Crippen molar-refractivity contribution in [2.75, 3.05) is 7.11 Å². The van der Waals surface area contributed by atoms with E-state index < -0.39 is 12.1 Å². The second-order valence-electron chi connectivity index (χ2n) is 5.44. The van der Waals surface area contributed by atoms with Gasteiger partial charge >= 0.3 is 6.18 Å². The van der Waals surface area contributed by atoms with E-state index in [-0.39, 0.29) is 18.9 Å². The van der Waals surface area contributed by atoms with E-state index in [9.17, 15) is 13.2 Å². The number of ether oxygens (including phenoxy) is 1. The van der Waals surface area contributed by atoms with E-state index in [1.807, 2.05) is 18.2 Å². The Kier molecular flexibility index (Phi) is 5.54. The lowest BCUT2D eigenvalue weighted by Crippen LogP contribution is -2.38. The van der Waals surface area contributed by atoms with Crippen molar-refractivity contribution >= 4 is 15.9 Å². The van der Waals surface area contributed by atoms with Gasteiger partial charge in [0.25, 0.3) is 0 Å². The second kappa shape index (κ2) is 7.01. The summed E-state index contributed by atoms with van der Waals surface area (Å²) in [5.74, 6) is -0.429. The number of hydrogen-bond donors (Lipinski definition) is 1. The average Bonchev–Trinajstić information content (AvgIpc) is 2.45. The summed E-state index contributed by atoms with van der Waals surface area (Å²) in [5, 5.41) is 3.24. The maximum absolute atomic E-state index is 12.8. The van der Waals surface area contributed by atoms with Crippen LogP contribution in [0.25, 0.3) is 0 Å². The zero-order valence-corrected chi connectivity index (χ0v) is 13.4. The van der Waals surface area contributed by atoms with Gasteiger partial charge in [0.2, 0.25) is 0 Å². The Morgan fingerprint density at radius 2 is 2.10 bits per heavy atom. The minimum absolute atomic E-state index is 0.0888. The Morgan fingerprint density at radius 3 is 2.76 bits per heavy atom. The van der Waals surface area contributed by atoms with Crippen molar-refractivity contribution in [2.24, 2.45) is 5.92 Å². The molecule has 0 saturated heterocycles. The van der Waals surface area contributed by atoms with E-state index in [0.29, 0.717) is 13.0 Å². The van der Waals surface area contributed by atoms with E-state index in [1.54, 1.807) is 7.11 Å². The second-order valence-corrected chi connectivity index (χ2v) is 6.35. The van der Waals surface area contributed by atoms with Gasteiger partial charge in [-0.15, -0.1) is 0 Å². The first-order chi connectivity index (χ1) is 9.90. The molecule has 0 heterocycles. The van der Waals surface area contributed by atoms with Crippen LogP contribution in [-0.4, -0.2) is 19.3 Å². The van der Waals surface area contributed by atoms with Crippen LogP contribution in [0.2, 0.25) is 0 Å². The third-order valence-electron chi connectivity index (χ3n) is 3.96. The molecule has 1 aromatic rings. The van der Waals surface area contributed by atoms with Crippen molar-refractivity contribution in [2.45, 2.75) is 44.4 Å². The largest absolute Gasteiger partial charge is 0.496 e. The molecule has 1 aliphatic carbocycles. The van der Waals surface area contributed by atoms with Crippen LogP contribution in [0.1, 0.15) is 31.2 Å². The highest BCUT2D eigenvalue weighted by atomic mass is 79.9. The van der Waals surface area contributed by atoms with Crippen molar-refractivity contribution in [3.05, 3.63) is 28.2 Å². The van der Waals surface area contributed by atoms with Crippen LogP contribution in [0.4, 0.5) is 13.2 Å². The molecule has 0 amide bonds. The summed E-state index contributed by atoms with van der Waals surface area (Å²) in [6, 6.07) is 5.56. The minimum atomic E-state index is -4.08. The summed E-state index contributed by atoms with van der Waals surface area (Å²) in [4.78, 5) is 0. The van der Waals surface area contributed by atoms with Crippen molar-refractivity contribution in [1.82, 2.24) is 5.32 Å². The molecule has 0 aromatic heterocycles. The lowest BCUT2D eigenvalue weighted by molar-refractivity contribution is -0.183. The molecule has 1 saturated carbocycles. The molecule has 118 valence electrons. The quantitative estimate of drug-likeness (QED) is 0.836. The van der Waals surface area contributed by atoms with Crippen LogP contribution in [0, 0.1) is 5.92 Å². The van der Waals surface area contributed by atoms with E-state index >= 15 is 0 Å². The summed E-state index contributed by atoms with van der Waals surface area (Å²) in [5.41, 5.74) is 0.945. The first kappa shape index (κ1) is 16.6. The molecule has 0 bridgehead atoms. The normalized spacial score (nSPS) is 23.1. The molecule has 1 N–H and O–H groups in total. The van der Waals surface area contributed by atoms with Crippen molar-refractivity contribution in [3.8, 4) is 5.75 Å². The van der Waals surface area contributed by atoms with Crippen LogP contribution in [0.15, 0.2) is 22.7 Å². The molecular formula is C15H19BrF3NO. The maximum Gasteiger partial charge on any atom is 0.391 e. The summed E-state index contributed by atoms with van der Waals surface area (Å²) in [6.45, 7) is 0.512.